The Kier molecular flexibility index (Phi) is 7.13. The van der Waals surface area contributed by atoms with Crippen LogP contribution >= 0.6 is 12.4 Å². The van der Waals surface area contributed by atoms with Crippen molar-refractivity contribution >= 4 is 28.2 Å². The average molecular weight is 382 g/mol. The number of carbonyl (C=O) groups excluding carboxylic acids is 1. The molecule has 2 rings (SSSR count). The summed E-state index contributed by atoms with van der Waals surface area (Å²) in [5.74, 6) is 0.345. The molecule has 2 N–H and O–H groups in total. The quantitative estimate of drug-likeness (QED) is 0.781. The van der Waals surface area contributed by atoms with Gasteiger partial charge in [-0.2, -0.15) is 0 Å². The van der Waals surface area contributed by atoms with Crippen LogP contribution in [0.1, 0.15) is 40.5 Å². The van der Waals surface area contributed by atoms with Gasteiger partial charge in [-0.15, -0.1) is 12.4 Å². The minimum absolute atomic E-state index is 0. The van der Waals surface area contributed by atoms with Crippen LogP contribution in [0.15, 0.2) is 0 Å². The zero-order valence-electron chi connectivity index (χ0n) is 15.2. The van der Waals surface area contributed by atoms with Crippen LogP contribution in [0.4, 0.5) is 0 Å². The molecular weight excluding hydrogens is 350 g/mol. The first-order chi connectivity index (χ1) is 10.6. The lowest BCUT2D eigenvalue weighted by atomic mass is 9.79. The second kappa shape index (κ2) is 7.89. The van der Waals surface area contributed by atoms with Crippen molar-refractivity contribution in [2.75, 3.05) is 31.1 Å². The van der Waals surface area contributed by atoms with Crippen LogP contribution in [0.2, 0.25) is 0 Å². The van der Waals surface area contributed by atoms with Gasteiger partial charge in [-0.05, 0) is 32.1 Å². The molecule has 2 saturated heterocycles. The number of amides is 1. The van der Waals surface area contributed by atoms with Crippen LogP contribution in [0, 0.1) is 5.41 Å². The third-order valence-corrected chi connectivity index (χ3v) is 7.27. The van der Waals surface area contributed by atoms with Gasteiger partial charge in [0.05, 0.1) is 17.5 Å². The molecule has 2 aliphatic heterocycles. The van der Waals surface area contributed by atoms with Gasteiger partial charge in [-0.3, -0.25) is 9.69 Å². The molecule has 0 saturated carbocycles. The van der Waals surface area contributed by atoms with Crippen molar-refractivity contribution in [2.24, 2.45) is 11.1 Å². The summed E-state index contributed by atoms with van der Waals surface area (Å²) in [4.78, 5) is 16.9. The highest BCUT2D eigenvalue weighted by Gasteiger charge is 2.40. The fraction of sp³-hybridized carbons (Fsp3) is 0.938. The van der Waals surface area contributed by atoms with E-state index in [0.717, 1.165) is 19.5 Å². The Morgan fingerprint density at radius 3 is 2.46 bits per heavy atom. The molecule has 0 aromatic heterocycles. The van der Waals surface area contributed by atoms with Gasteiger partial charge < -0.3 is 10.6 Å². The normalized spacial score (nSPS) is 30.4. The van der Waals surface area contributed by atoms with Crippen LogP contribution < -0.4 is 5.73 Å². The van der Waals surface area contributed by atoms with E-state index in [-0.39, 0.29) is 53.4 Å². The average Bonchev–Trinajstić information content (AvgIpc) is 2.81. The third kappa shape index (κ3) is 4.62. The summed E-state index contributed by atoms with van der Waals surface area (Å²) >= 11 is 0. The van der Waals surface area contributed by atoms with Crippen LogP contribution in [-0.4, -0.2) is 73.4 Å². The monoisotopic (exact) mass is 381 g/mol. The maximum absolute atomic E-state index is 12.9. The van der Waals surface area contributed by atoms with Gasteiger partial charge in [-0.1, -0.05) is 13.8 Å². The predicted molar refractivity (Wildman–Crippen MR) is 99.1 cm³/mol. The molecule has 0 spiro atoms. The SMILES string of the molecule is CCN(C(=O)C(C)N1CCC(N)C(C)(C)C1)C1CCS(=O)(=O)C1.Cl. The van der Waals surface area contributed by atoms with Crippen LogP contribution in [-0.2, 0) is 14.6 Å². The molecule has 0 aliphatic carbocycles. The number of likely N-dealkylation sites (tertiary alicyclic amines) is 1. The topological polar surface area (TPSA) is 83.7 Å². The van der Waals surface area contributed by atoms with Crippen molar-refractivity contribution in [1.29, 1.82) is 0 Å². The third-order valence-electron chi connectivity index (χ3n) is 5.52. The second-order valence-electron chi connectivity index (χ2n) is 7.71. The van der Waals surface area contributed by atoms with Gasteiger partial charge in [0.15, 0.2) is 9.84 Å². The lowest BCUT2D eigenvalue weighted by molar-refractivity contribution is -0.139. The molecule has 3 unspecified atom stereocenters. The molecular formula is C16H32ClN3O3S. The first-order valence-electron chi connectivity index (χ1n) is 8.58. The highest BCUT2D eigenvalue weighted by Crippen LogP contribution is 2.29. The summed E-state index contributed by atoms with van der Waals surface area (Å²) in [6.07, 6.45) is 1.44. The molecule has 2 aliphatic rings. The maximum atomic E-state index is 12.9. The Morgan fingerprint density at radius 2 is 2.00 bits per heavy atom. The molecule has 8 heteroatoms. The molecule has 3 atom stereocenters. The molecule has 0 aromatic rings. The number of halogens is 1. The number of rotatable bonds is 4. The van der Waals surface area contributed by atoms with Crippen molar-refractivity contribution < 1.29 is 13.2 Å². The summed E-state index contributed by atoms with van der Waals surface area (Å²) in [5, 5.41) is 0. The van der Waals surface area contributed by atoms with Gasteiger partial charge in [0.25, 0.3) is 0 Å². The van der Waals surface area contributed by atoms with Gasteiger partial charge in [-0.25, -0.2) is 8.42 Å². The zero-order chi connectivity index (χ0) is 17.4. The van der Waals surface area contributed by atoms with Gasteiger partial charge in [0, 0.05) is 31.7 Å². The summed E-state index contributed by atoms with van der Waals surface area (Å²) in [7, 11) is -2.98. The van der Waals surface area contributed by atoms with E-state index in [1.165, 1.54) is 0 Å². The number of nitrogens with two attached hydrogens (primary N) is 1. The minimum atomic E-state index is -2.98. The molecule has 2 heterocycles. The Labute approximate surface area is 152 Å². The Morgan fingerprint density at radius 1 is 1.38 bits per heavy atom. The van der Waals surface area contributed by atoms with Gasteiger partial charge in [0.1, 0.15) is 0 Å². The zero-order valence-corrected chi connectivity index (χ0v) is 16.8. The summed E-state index contributed by atoms with van der Waals surface area (Å²) in [6, 6.07) is -0.242. The van der Waals surface area contributed by atoms with Crippen molar-refractivity contribution in [2.45, 2.75) is 58.7 Å². The molecule has 6 nitrogen and oxygen atoms in total. The van der Waals surface area contributed by atoms with E-state index >= 15 is 0 Å². The van der Waals surface area contributed by atoms with E-state index in [0.29, 0.717) is 13.0 Å². The van der Waals surface area contributed by atoms with E-state index in [1.807, 2.05) is 13.8 Å². The van der Waals surface area contributed by atoms with Crippen molar-refractivity contribution in [1.82, 2.24) is 9.80 Å². The molecule has 1 amide bonds. The van der Waals surface area contributed by atoms with Crippen LogP contribution in [0.3, 0.4) is 0 Å². The Hall–Kier alpha value is -0.370. The fourth-order valence-corrected chi connectivity index (χ4v) is 5.49. The van der Waals surface area contributed by atoms with Gasteiger partial charge >= 0.3 is 0 Å². The largest absolute Gasteiger partial charge is 0.338 e. The molecule has 2 fully saturated rings. The van der Waals surface area contributed by atoms with E-state index in [4.69, 9.17) is 5.73 Å². The minimum Gasteiger partial charge on any atom is -0.338 e. The maximum Gasteiger partial charge on any atom is 0.239 e. The van der Waals surface area contributed by atoms with E-state index in [9.17, 15) is 13.2 Å². The summed E-state index contributed by atoms with van der Waals surface area (Å²) in [6.45, 7) is 10.3. The first kappa shape index (κ1) is 21.7. The number of likely N-dealkylation sites (N-methyl/N-ethyl adjacent to an activating group) is 1. The number of sulfone groups is 1. The van der Waals surface area contributed by atoms with E-state index in [2.05, 4.69) is 18.7 Å². The number of piperidine rings is 1. The van der Waals surface area contributed by atoms with Crippen molar-refractivity contribution in [3.8, 4) is 0 Å². The summed E-state index contributed by atoms with van der Waals surface area (Å²) < 4.78 is 23.4. The standard InChI is InChI=1S/C16H31N3O3S.ClH/c1-5-19(13-7-9-23(21,22)10-13)15(20)12(2)18-8-6-14(17)16(3,4)11-18;/h12-14H,5-11,17H2,1-4H3;1H. The molecule has 0 aromatic carbocycles. The highest BCUT2D eigenvalue weighted by molar-refractivity contribution is 7.91. The second-order valence-corrected chi connectivity index (χ2v) is 9.94. The number of hydrogen-bond donors (Lipinski definition) is 1. The number of nitrogens with zero attached hydrogens (tertiary/aromatic N) is 2. The lowest BCUT2D eigenvalue weighted by Gasteiger charge is -2.45. The molecule has 142 valence electrons. The van der Waals surface area contributed by atoms with Crippen molar-refractivity contribution in [3.63, 3.8) is 0 Å². The highest BCUT2D eigenvalue weighted by atomic mass is 35.5. The lowest BCUT2D eigenvalue weighted by Crippen LogP contribution is -2.58. The molecule has 24 heavy (non-hydrogen) atoms. The predicted octanol–water partition coefficient (Wildman–Crippen LogP) is 0.892. The Bertz CT molecular complexity index is 553. The van der Waals surface area contributed by atoms with Crippen molar-refractivity contribution in [3.05, 3.63) is 0 Å². The van der Waals surface area contributed by atoms with Gasteiger partial charge in [0.2, 0.25) is 5.91 Å². The molecule has 0 bridgehead atoms. The van der Waals surface area contributed by atoms with Crippen LogP contribution in [0.5, 0.6) is 0 Å². The van der Waals surface area contributed by atoms with E-state index < -0.39 is 9.84 Å². The van der Waals surface area contributed by atoms with Crippen LogP contribution in [0.25, 0.3) is 0 Å². The number of carbonyl (C=O) groups is 1. The summed E-state index contributed by atoms with van der Waals surface area (Å²) in [5.41, 5.74) is 6.16. The smallest absolute Gasteiger partial charge is 0.239 e. The van der Waals surface area contributed by atoms with E-state index in [1.54, 1.807) is 4.90 Å². The Balaban J connectivity index is 0.00000288. The fourth-order valence-electron chi connectivity index (χ4n) is 3.76. The number of hydrogen-bond acceptors (Lipinski definition) is 5. The molecule has 0 radical (unpaired) electrons. The first-order valence-corrected chi connectivity index (χ1v) is 10.4.